The summed E-state index contributed by atoms with van der Waals surface area (Å²) < 4.78 is 10.0. The summed E-state index contributed by atoms with van der Waals surface area (Å²) in [5, 5.41) is 0. The second-order valence-electron chi connectivity index (χ2n) is 5.95. The van der Waals surface area contributed by atoms with Crippen molar-refractivity contribution < 1.29 is 4.74 Å². The van der Waals surface area contributed by atoms with Crippen LogP contribution in [0.5, 0.6) is 5.75 Å². The van der Waals surface area contributed by atoms with Crippen LogP contribution in [0.15, 0.2) is 46.2 Å². The number of thioether (sulfide) groups is 1. The van der Waals surface area contributed by atoms with Gasteiger partial charge >= 0.3 is 5.69 Å². The Kier molecular flexibility index (Phi) is 5.82. The van der Waals surface area contributed by atoms with Crippen molar-refractivity contribution in [1.82, 2.24) is 18.7 Å². The molecule has 0 N–H and O–H groups in total. The minimum atomic E-state index is -0.321. The predicted octanol–water partition coefficient (Wildman–Crippen LogP) is 1.64. The molecule has 3 rings (SSSR count). The van der Waals surface area contributed by atoms with E-state index in [1.807, 2.05) is 30.3 Å². The fourth-order valence-electron chi connectivity index (χ4n) is 2.76. The van der Waals surface area contributed by atoms with Crippen LogP contribution in [0, 0.1) is 0 Å². The second-order valence-corrected chi connectivity index (χ2v) is 7.18. The first-order chi connectivity index (χ1) is 12.6. The quantitative estimate of drug-likeness (QED) is 0.561. The van der Waals surface area contributed by atoms with Crippen molar-refractivity contribution in [3.05, 3.63) is 57.5 Å². The van der Waals surface area contributed by atoms with Crippen molar-refractivity contribution in [3.63, 3.8) is 0 Å². The highest BCUT2D eigenvalue weighted by Crippen LogP contribution is 2.10. The van der Waals surface area contributed by atoms with Crippen LogP contribution >= 0.6 is 11.8 Å². The van der Waals surface area contributed by atoms with E-state index < -0.39 is 0 Å². The number of hydrogen-bond acceptors (Lipinski definition) is 5. The number of aromatic nitrogens is 4. The summed E-state index contributed by atoms with van der Waals surface area (Å²) in [7, 11) is 3.40. The molecule has 0 aliphatic rings. The van der Waals surface area contributed by atoms with Gasteiger partial charge in [-0.05, 0) is 24.3 Å². The molecule has 2 heterocycles. The number of benzene rings is 1. The maximum atomic E-state index is 12.6. The molecule has 138 valence electrons. The predicted molar refractivity (Wildman–Crippen MR) is 104 cm³/mol. The highest BCUT2D eigenvalue weighted by molar-refractivity contribution is 7.99. The molecule has 3 aromatic rings. The number of aryl methyl sites for hydroxylation is 2. The maximum Gasteiger partial charge on any atom is 0.332 e. The van der Waals surface area contributed by atoms with Crippen molar-refractivity contribution >= 4 is 22.9 Å². The minimum absolute atomic E-state index is 0.277. The number of fused-ring (bicyclic) bond motifs is 1. The lowest BCUT2D eigenvalue weighted by Gasteiger charge is -2.09. The first-order valence-electron chi connectivity index (χ1n) is 8.46. The summed E-state index contributed by atoms with van der Waals surface area (Å²) in [6.07, 6.45) is 2.30. The fourth-order valence-corrected chi connectivity index (χ4v) is 3.49. The molecular weight excluding hydrogens is 352 g/mol. The molecule has 7 nitrogen and oxygen atoms in total. The van der Waals surface area contributed by atoms with Gasteiger partial charge in [0.2, 0.25) is 0 Å². The standard InChI is InChI=1S/C18H22N4O3S/c1-20-13-19-16-15(20)17(23)22(18(24)21(16)2)9-6-11-26-12-10-25-14-7-4-3-5-8-14/h3-5,7-8,13H,6,9-12H2,1-2H3. The van der Waals surface area contributed by atoms with Crippen LogP contribution in [0.25, 0.3) is 11.2 Å². The Morgan fingerprint density at radius 2 is 1.88 bits per heavy atom. The van der Waals surface area contributed by atoms with E-state index in [9.17, 15) is 9.59 Å². The number of rotatable bonds is 8. The normalized spacial score (nSPS) is 11.2. The molecule has 8 heteroatoms. The van der Waals surface area contributed by atoms with Crippen molar-refractivity contribution in [2.45, 2.75) is 13.0 Å². The number of ether oxygens (including phenoxy) is 1. The second kappa shape index (κ2) is 8.27. The van der Waals surface area contributed by atoms with Gasteiger partial charge in [-0.1, -0.05) is 18.2 Å². The zero-order valence-corrected chi connectivity index (χ0v) is 15.7. The fraction of sp³-hybridized carbons (Fsp3) is 0.389. The van der Waals surface area contributed by atoms with E-state index in [2.05, 4.69) is 4.98 Å². The molecule has 0 fully saturated rings. The van der Waals surface area contributed by atoms with Gasteiger partial charge in [-0.15, -0.1) is 0 Å². The Labute approximate surface area is 155 Å². The van der Waals surface area contributed by atoms with Crippen LogP contribution in [0.2, 0.25) is 0 Å². The molecule has 0 spiro atoms. The van der Waals surface area contributed by atoms with E-state index in [1.54, 1.807) is 36.8 Å². The summed E-state index contributed by atoms with van der Waals surface area (Å²) in [4.78, 5) is 29.1. The number of imidazole rings is 1. The summed E-state index contributed by atoms with van der Waals surface area (Å²) in [5.41, 5.74) is 0.279. The Morgan fingerprint density at radius 1 is 1.12 bits per heavy atom. The van der Waals surface area contributed by atoms with Gasteiger partial charge in [0.15, 0.2) is 11.2 Å². The van der Waals surface area contributed by atoms with Crippen LogP contribution in [0.4, 0.5) is 0 Å². The third kappa shape index (κ3) is 3.85. The van der Waals surface area contributed by atoms with Gasteiger partial charge in [-0.2, -0.15) is 11.8 Å². The first-order valence-corrected chi connectivity index (χ1v) is 9.61. The van der Waals surface area contributed by atoms with Crippen molar-refractivity contribution in [2.24, 2.45) is 14.1 Å². The molecule has 0 saturated carbocycles. The zero-order chi connectivity index (χ0) is 18.5. The topological polar surface area (TPSA) is 71.1 Å². The molecular formula is C18H22N4O3S. The smallest absolute Gasteiger partial charge is 0.332 e. The number of hydrogen-bond donors (Lipinski definition) is 0. The molecule has 26 heavy (non-hydrogen) atoms. The molecule has 0 atom stereocenters. The van der Waals surface area contributed by atoms with Gasteiger partial charge in [-0.25, -0.2) is 9.78 Å². The van der Waals surface area contributed by atoms with E-state index >= 15 is 0 Å². The van der Waals surface area contributed by atoms with Crippen LogP contribution in [0.3, 0.4) is 0 Å². The Morgan fingerprint density at radius 3 is 2.65 bits per heavy atom. The summed E-state index contributed by atoms with van der Waals surface area (Å²) in [6.45, 7) is 1.04. The lowest BCUT2D eigenvalue weighted by atomic mass is 10.3. The van der Waals surface area contributed by atoms with E-state index in [0.717, 1.165) is 23.7 Å². The molecule has 0 unspecified atom stereocenters. The Hall–Kier alpha value is -2.48. The van der Waals surface area contributed by atoms with Gasteiger partial charge in [0, 0.05) is 26.4 Å². The molecule has 0 radical (unpaired) electrons. The largest absolute Gasteiger partial charge is 0.493 e. The van der Waals surface area contributed by atoms with Gasteiger partial charge in [-0.3, -0.25) is 13.9 Å². The van der Waals surface area contributed by atoms with Gasteiger partial charge in [0.1, 0.15) is 5.75 Å². The highest BCUT2D eigenvalue weighted by Gasteiger charge is 2.14. The van der Waals surface area contributed by atoms with E-state index in [4.69, 9.17) is 4.74 Å². The van der Waals surface area contributed by atoms with Gasteiger partial charge in [0.25, 0.3) is 5.56 Å². The molecule has 1 aromatic carbocycles. The van der Waals surface area contributed by atoms with Crippen LogP contribution in [-0.2, 0) is 20.6 Å². The van der Waals surface area contributed by atoms with Gasteiger partial charge < -0.3 is 9.30 Å². The van der Waals surface area contributed by atoms with Gasteiger partial charge in [0.05, 0.1) is 12.9 Å². The van der Waals surface area contributed by atoms with Crippen molar-refractivity contribution in [1.29, 1.82) is 0 Å². The van der Waals surface area contributed by atoms with Crippen LogP contribution < -0.4 is 16.0 Å². The first kappa shape index (κ1) is 18.3. The lowest BCUT2D eigenvalue weighted by Crippen LogP contribution is -2.39. The third-order valence-electron chi connectivity index (χ3n) is 4.11. The molecule has 0 bridgehead atoms. The summed E-state index contributed by atoms with van der Waals surface area (Å²) in [5.74, 6) is 2.59. The average molecular weight is 374 g/mol. The maximum absolute atomic E-state index is 12.6. The minimum Gasteiger partial charge on any atom is -0.493 e. The van der Waals surface area contributed by atoms with Crippen LogP contribution in [-0.4, -0.2) is 36.8 Å². The molecule has 0 amide bonds. The summed E-state index contributed by atoms with van der Waals surface area (Å²) >= 11 is 1.75. The van der Waals surface area contributed by atoms with Crippen molar-refractivity contribution in [2.75, 3.05) is 18.1 Å². The van der Waals surface area contributed by atoms with E-state index in [1.165, 1.54) is 9.13 Å². The summed E-state index contributed by atoms with van der Waals surface area (Å²) in [6, 6.07) is 9.71. The molecule has 0 aliphatic heterocycles. The molecule has 0 saturated heterocycles. The number of nitrogens with zero attached hydrogens (tertiary/aromatic N) is 4. The molecule has 0 aliphatic carbocycles. The zero-order valence-electron chi connectivity index (χ0n) is 14.9. The highest BCUT2D eigenvalue weighted by atomic mass is 32.2. The lowest BCUT2D eigenvalue weighted by molar-refractivity contribution is 0.344. The SMILES string of the molecule is Cn1cnc2c1c(=O)n(CCCSCCOc1ccccc1)c(=O)n2C. The average Bonchev–Trinajstić information content (AvgIpc) is 3.04. The Balaban J connectivity index is 1.52. The monoisotopic (exact) mass is 374 g/mol. The number of para-hydroxylation sites is 1. The van der Waals surface area contributed by atoms with Crippen molar-refractivity contribution in [3.8, 4) is 5.75 Å². The van der Waals surface area contributed by atoms with E-state index in [0.29, 0.717) is 24.3 Å². The van der Waals surface area contributed by atoms with E-state index in [-0.39, 0.29) is 11.2 Å². The van der Waals surface area contributed by atoms with Crippen LogP contribution in [0.1, 0.15) is 6.42 Å². The Bertz CT molecular complexity index is 991. The third-order valence-corrected chi connectivity index (χ3v) is 5.14. The molecule has 2 aromatic heterocycles.